The number of thioether (sulfide) groups is 4. The maximum Gasteiger partial charge on any atom is 0.0832 e. The van der Waals surface area contributed by atoms with Crippen molar-refractivity contribution in [2.75, 3.05) is 23.0 Å². The highest BCUT2D eigenvalue weighted by Gasteiger charge is 2.30. The van der Waals surface area contributed by atoms with Gasteiger partial charge in [0, 0.05) is 0 Å². The van der Waals surface area contributed by atoms with E-state index in [-0.39, 0.29) is 4.08 Å². The number of benzene rings is 1. The standard InChI is InChI=1S/C15H20S4/c1-15(18-10-3-11-19-15)13-6-4-12(5-7-13)14-16-8-2-9-17-14/h4-7,14H,2-3,8-11H2,1H3. The summed E-state index contributed by atoms with van der Waals surface area (Å²) in [6, 6.07) is 9.48. The number of hydrogen-bond donors (Lipinski definition) is 0. The third-order valence-corrected chi connectivity index (χ3v) is 9.86. The molecule has 2 heterocycles. The van der Waals surface area contributed by atoms with E-state index in [1.54, 1.807) is 0 Å². The zero-order chi connectivity index (χ0) is 13.1. The van der Waals surface area contributed by atoms with Gasteiger partial charge in [0.25, 0.3) is 0 Å². The molecule has 2 aliphatic heterocycles. The lowest BCUT2D eigenvalue weighted by Crippen LogP contribution is -2.18. The van der Waals surface area contributed by atoms with Crippen LogP contribution in [0.25, 0.3) is 0 Å². The van der Waals surface area contributed by atoms with Crippen LogP contribution in [0.2, 0.25) is 0 Å². The minimum absolute atomic E-state index is 0.281. The van der Waals surface area contributed by atoms with Crippen LogP contribution in [0.1, 0.15) is 35.5 Å². The maximum absolute atomic E-state index is 2.39. The average Bonchev–Trinajstić information content (AvgIpc) is 2.49. The van der Waals surface area contributed by atoms with E-state index >= 15 is 0 Å². The van der Waals surface area contributed by atoms with Gasteiger partial charge in [-0.05, 0) is 53.9 Å². The predicted octanol–water partition coefficient (Wildman–Crippen LogP) is 5.60. The van der Waals surface area contributed by atoms with E-state index in [2.05, 4.69) is 78.2 Å². The Morgan fingerprint density at radius 1 is 0.895 bits per heavy atom. The Hall–Kier alpha value is 0.620. The van der Waals surface area contributed by atoms with Gasteiger partial charge in [-0.2, -0.15) is 0 Å². The van der Waals surface area contributed by atoms with Crippen molar-refractivity contribution in [3.63, 3.8) is 0 Å². The summed E-state index contributed by atoms with van der Waals surface area (Å²) >= 11 is 8.44. The Bertz CT molecular complexity index is 403. The first-order valence-corrected chi connectivity index (χ1v) is 11.0. The van der Waals surface area contributed by atoms with Gasteiger partial charge in [-0.25, -0.2) is 0 Å². The van der Waals surface area contributed by atoms with Gasteiger partial charge >= 0.3 is 0 Å². The molecule has 0 amide bonds. The van der Waals surface area contributed by atoms with Gasteiger partial charge < -0.3 is 0 Å². The molecule has 0 aromatic heterocycles. The highest BCUT2D eigenvalue weighted by Crippen LogP contribution is 2.50. The summed E-state index contributed by atoms with van der Waals surface area (Å²) in [4.78, 5) is 0. The van der Waals surface area contributed by atoms with Crippen molar-refractivity contribution >= 4 is 47.0 Å². The second-order valence-corrected chi connectivity index (χ2v) is 11.1. The molecule has 4 heteroatoms. The zero-order valence-corrected chi connectivity index (χ0v) is 14.5. The minimum Gasteiger partial charge on any atom is -0.143 e. The SMILES string of the molecule is CC1(c2ccc(C3SCCCS3)cc2)SCCCS1. The van der Waals surface area contributed by atoms with Crippen molar-refractivity contribution in [1.82, 2.24) is 0 Å². The first-order valence-electron chi connectivity index (χ1n) is 6.89. The van der Waals surface area contributed by atoms with E-state index in [0.29, 0.717) is 4.58 Å². The van der Waals surface area contributed by atoms with Crippen LogP contribution in [0.3, 0.4) is 0 Å². The van der Waals surface area contributed by atoms with Crippen LogP contribution in [-0.2, 0) is 4.08 Å². The molecule has 19 heavy (non-hydrogen) atoms. The van der Waals surface area contributed by atoms with Crippen molar-refractivity contribution in [3.8, 4) is 0 Å². The van der Waals surface area contributed by atoms with E-state index in [1.165, 1.54) is 47.0 Å². The molecule has 0 bridgehead atoms. The summed E-state index contributed by atoms with van der Waals surface area (Å²) in [5.41, 5.74) is 3.00. The monoisotopic (exact) mass is 328 g/mol. The summed E-state index contributed by atoms with van der Waals surface area (Å²) in [7, 11) is 0. The van der Waals surface area contributed by atoms with Crippen LogP contribution >= 0.6 is 47.0 Å². The van der Waals surface area contributed by atoms with Crippen LogP contribution in [0.5, 0.6) is 0 Å². The summed E-state index contributed by atoms with van der Waals surface area (Å²) in [5, 5.41) is 0. The van der Waals surface area contributed by atoms with Gasteiger partial charge in [0.15, 0.2) is 0 Å². The fourth-order valence-corrected chi connectivity index (χ4v) is 8.30. The molecule has 2 saturated heterocycles. The number of rotatable bonds is 2. The van der Waals surface area contributed by atoms with Gasteiger partial charge in [-0.3, -0.25) is 0 Å². The Morgan fingerprint density at radius 2 is 1.47 bits per heavy atom. The Balaban J connectivity index is 1.74. The molecule has 1 aromatic carbocycles. The fourth-order valence-electron chi connectivity index (χ4n) is 2.42. The molecule has 0 radical (unpaired) electrons. The van der Waals surface area contributed by atoms with Crippen LogP contribution in [0.15, 0.2) is 24.3 Å². The van der Waals surface area contributed by atoms with Crippen molar-refractivity contribution in [2.24, 2.45) is 0 Å². The van der Waals surface area contributed by atoms with Gasteiger partial charge in [0.1, 0.15) is 0 Å². The lowest BCUT2D eigenvalue weighted by molar-refractivity contribution is 0.961. The van der Waals surface area contributed by atoms with Crippen LogP contribution in [-0.4, -0.2) is 23.0 Å². The molecule has 0 saturated carbocycles. The molecule has 0 N–H and O–H groups in total. The zero-order valence-electron chi connectivity index (χ0n) is 11.3. The normalized spacial score (nSPS) is 24.3. The molecule has 2 fully saturated rings. The maximum atomic E-state index is 2.39. The van der Waals surface area contributed by atoms with E-state index in [9.17, 15) is 0 Å². The van der Waals surface area contributed by atoms with Crippen molar-refractivity contribution < 1.29 is 0 Å². The lowest BCUT2D eigenvalue weighted by atomic mass is 10.1. The molecule has 0 unspecified atom stereocenters. The average molecular weight is 329 g/mol. The Morgan fingerprint density at radius 3 is 2.11 bits per heavy atom. The smallest absolute Gasteiger partial charge is 0.0832 e. The van der Waals surface area contributed by atoms with E-state index in [0.717, 1.165) is 0 Å². The van der Waals surface area contributed by atoms with Crippen molar-refractivity contribution in [1.29, 1.82) is 0 Å². The molecular weight excluding hydrogens is 308 g/mol. The Labute approximate surface area is 133 Å². The second kappa shape index (κ2) is 6.59. The fraction of sp³-hybridized carbons (Fsp3) is 0.600. The van der Waals surface area contributed by atoms with Gasteiger partial charge in [0.05, 0.1) is 8.66 Å². The highest BCUT2D eigenvalue weighted by atomic mass is 32.2. The van der Waals surface area contributed by atoms with E-state index in [1.807, 2.05) is 0 Å². The molecule has 104 valence electrons. The van der Waals surface area contributed by atoms with Crippen molar-refractivity contribution in [2.45, 2.75) is 28.4 Å². The number of hydrogen-bond acceptors (Lipinski definition) is 4. The van der Waals surface area contributed by atoms with Gasteiger partial charge in [-0.1, -0.05) is 24.3 Å². The molecule has 2 aliphatic rings. The quantitative estimate of drug-likeness (QED) is 0.693. The van der Waals surface area contributed by atoms with Crippen LogP contribution in [0, 0.1) is 0 Å². The van der Waals surface area contributed by atoms with Crippen LogP contribution < -0.4 is 0 Å². The topological polar surface area (TPSA) is 0 Å². The molecular formula is C15H20S4. The first kappa shape index (κ1) is 14.6. The van der Waals surface area contributed by atoms with E-state index < -0.39 is 0 Å². The van der Waals surface area contributed by atoms with Gasteiger partial charge in [0.2, 0.25) is 0 Å². The molecule has 3 rings (SSSR count). The van der Waals surface area contributed by atoms with Gasteiger partial charge in [-0.15, -0.1) is 47.0 Å². The highest BCUT2D eigenvalue weighted by molar-refractivity contribution is 8.18. The molecule has 0 spiro atoms. The van der Waals surface area contributed by atoms with Crippen LogP contribution in [0.4, 0.5) is 0 Å². The minimum atomic E-state index is 0.281. The lowest BCUT2D eigenvalue weighted by Gasteiger charge is -2.33. The molecule has 0 nitrogen and oxygen atoms in total. The van der Waals surface area contributed by atoms with Crippen molar-refractivity contribution in [3.05, 3.63) is 35.4 Å². The predicted molar refractivity (Wildman–Crippen MR) is 95.6 cm³/mol. The molecule has 0 atom stereocenters. The molecule has 1 aromatic rings. The first-order chi connectivity index (χ1) is 9.28. The summed E-state index contributed by atoms with van der Waals surface area (Å²) in [6.45, 7) is 2.39. The molecule has 0 aliphatic carbocycles. The summed E-state index contributed by atoms with van der Waals surface area (Å²) in [6.07, 6.45) is 2.73. The Kier molecular flexibility index (Phi) is 5.05. The largest absolute Gasteiger partial charge is 0.143 e. The summed E-state index contributed by atoms with van der Waals surface area (Å²) in [5.74, 6) is 5.25. The summed E-state index contributed by atoms with van der Waals surface area (Å²) < 4.78 is 0.950. The second-order valence-electron chi connectivity index (χ2n) is 5.05. The van der Waals surface area contributed by atoms with E-state index in [4.69, 9.17) is 0 Å². The third-order valence-electron chi connectivity index (χ3n) is 3.58. The third kappa shape index (κ3) is 3.45.